The van der Waals surface area contributed by atoms with Crippen molar-refractivity contribution in [3.63, 3.8) is 0 Å². The Morgan fingerprint density at radius 2 is 0.631 bits per heavy atom. The van der Waals surface area contributed by atoms with Crippen LogP contribution < -0.4 is 14.7 Å². The molecule has 1 aliphatic heterocycles. The lowest BCUT2D eigenvalue weighted by atomic mass is 9.62. The van der Waals surface area contributed by atoms with Crippen molar-refractivity contribution in [3.8, 4) is 22.3 Å². The van der Waals surface area contributed by atoms with Crippen LogP contribution in [0.2, 0.25) is 0 Å². The molecule has 1 heterocycles. The minimum absolute atomic E-state index is 0.151. The summed E-state index contributed by atoms with van der Waals surface area (Å²) in [5.74, 6) is 0. The topological polar surface area (TPSA) is 9.72 Å². The summed E-state index contributed by atoms with van der Waals surface area (Å²) in [6.45, 7) is 27.7. The van der Waals surface area contributed by atoms with Gasteiger partial charge in [-0.25, -0.2) is 0 Å². The highest BCUT2D eigenvalue weighted by Gasteiger charge is 2.47. The molecule has 0 amide bonds. The van der Waals surface area contributed by atoms with Crippen molar-refractivity contribution < 1.29 is 0 Å². The molecule has 84 heavy (non-hydrogen) atoms. The van der Waals surface area contributed by atoms with Gasteiger partial charge in [0.05, 0.1) is 16.8 Å². The van der Waals surface area contributed by atoms with Gasteiger partial charge in [0.15, 0.2) is 0 Å². The fourth-order valence-corrected chi connectivity index (χ4v) is 15.0. The standard InChI is InChI=1S/C81H73N3/c1-50-46-77(56(7)54(5)52(50)3)82(63-42-44-67-65-26-16-18-28-69(65)79(9,10)73(67)48-63)61-38-34-58(35-39-61)81(71-30-20-22-32-75(71)84(60-24-14-13-15-25-60)76-33-23-21-31-72(76)81)59-36-40-62(41-37-59)83(78-47-51(2)53(4)55(6)57(78)8)64-43-45-68-66-27-17-19-29-70(66)80(11,12)74(68)49-64/h13-49H,1-12H3. The van der Waals surface area contributed by atoms with E-state index < -0.39 is 5.41 Å². The Bertz CT molecular complexity index is 4190. The van der Waals surface area contributed by atoms with Crippen LogP contribution in [0.25, 0.3) is 22.3 Å². The molecule has 0 saturated heterocycles. The fourth-order valence-electron chi connectivity index (χ4n) is 15.0. The number of anilines is 9. The molecule has 0 atom stereocenters. The van der Waals surface area contributed by atoms with Crippen molar-refractivity contribution in [2.45, 2.75) is 99.3 Å². The van der Waals surface area contributed by atoms with Crippen LogP contribution in [0.5, 0.6) is 0 Å². The normalized spacial score (nSPS) is 14.5. The molecule has 2 aliphatic carbocycles. The molecule has 11 aromatic rings. The van der Waals surface area contributed by atoms with Crippen LogP contribution >= 0.6 is 0 Å². The molecule has 11 aromatic carbocycles. The lowest BCUT2D eigenvalue weighted by Crippen LogP contribution is -2.37. The molecule has 3 nitrogen and oxygen atoms in total. The van der Waals surface area contributed by atoms with Crippen molar-refractivity contribution in [2.75, 3.05) is 14.7 Å². The van der Waals surface area contributed by atoms with Gasteiger partial charge in [-0.3, -0.25) is 0 Å². The average Bonchev–Trinajstić information content (AvgIpc) is 2.24. The molecule has 14 rings (SSSR count). The second-order valence-electron chi connectivity index (χ2n) is 25.2. The van der Waals surface area contributed by atoms with Crippen molar-refractivity contribution in [1.29, 1.82) is 0 Å². The Morgan fingerprint density at radius 1 is 0.286 bits per heavy atom. The lowest BCUT2D eigenvalue weighted by Gasteiger charge is -2.46. The first-order valence-corrected chi connectivity index (χ1v) is 30.0. The number of aryl methyl sites for hydroxylation is 2. The zero-order valence-electron chi connectivity index (χ0n) is 50.7. The SMILES string of the molecule is Cc1cc(N(c2ccc(C3(c4ccc(N(c5ccc6c(c5)C(C)(C)c5ccccc5-6)c5cc(C)c(C)c(C)c5C)cc4)c4ccccc4N(c4ccccc4)c4ccccc43)cc2)c2ccc3c(c2)C(C)(C)c2ccccc2-3)c(C)c(C)c1C. The largest absolute Gasteiger partial charge is 0.310 e. The maximum Gasteiger partial charge on any atom is 0.0742 e. The third-order valence-electron chi connectivity index (χ3n) is 20.3. The molecule has 412 valence electrons. The molecule has 3 heteroatoms. The zero-order valence-corrected chi connectivity index (χ0v) is 50.7. The Labute approximate surface area is 498 Å². The number of para-hydroxylation sites is 3. The summed E-state index contributed by atoms with van der Waals surface area (Å²) in [5.41, 5.74) is 35.4. The number of hydrogen-bond acceptors (Lipinski definition) is 3. The Balaban J connectivity index is 0.981. The minimum atomic E-state index is -0.738. The molecule has 3 aliphatic rings. The van der Waals surface area contributed by atoms with Crippen LogP contribution in [0, 0.1) is 55.4 Å². The summed E-state index contributed by atoms with van der Waals surface area (Å²) < 4.78 is 0. The van der Waals surface area contributed by atoms with Gasteiger partial charge in [-0.2, -0.15) is 0 Å². The summed E-state index contributed by atoms with van der Waals surface area (Å²) in [5, 5.41) is 0. The van der Waals surface area contributed by atoms with E-state index in [9.17, 15) is 0 Å². The van der Waals surface area contributed by atoms with Gasteiger partial charge in [0.2, 0.25) is 0 Å². The highest BCUT2D eigenvalue weighted by Crippen LogP contribution is 2.59. The Hall–Kier alpha value is -9.18. The van der Waals surface area contributed by atoms with Crippen LogP contribution in [0.1, 0.15) is 117 Å². The number of rotatable bonds is 9. The van der Waals surface area contributed by atoms with Crippen LogP contribution in [0.15, 0.2) is 224 Å². The van der Waals surface area contributed by atoms with E-state index in [4.69, 9.17) is 0 Å². The minimum Gasteiger partial charge on any atom is -0.310 e. The third-order valence-corrected chi connectivity index (χ3v) is 20.3. The van der Waals surface area contributed by atoms with Crippen LogP contribution in [0.3, 0.4) is 0 Å². The first kappa shape index (κ1) is 52.9. The molecule has 0 unspecified atom stereocenters. The van der Waals surface area contributed by atoms with Gasteiger partial charge in [-0.15, -0.1) is 0 Å². The van der Waals surface area contributed by atoms with E-state index in [0.29, 0.717) is 0 Å². The summed E-state index contributed by atoms with van der Waals surface area (Å²) >= 11 is 0. The van der Waals surface area contributed by atoms with E-state index in [0.717, 1.165) is 39.8 Å². The third kappa shape index (κ3) is 7.70. The van der Waals surface area contributed by atoms with Crippen molar-refractivity contribution in [1.82, 2.24) is 0 Å². The molecule has 0 aromatic heterocycles. The van der Waals surface area contributed by atoms with Crippen molar-refractivity contribution in [2.24, 2.45) is 0 Å². The summed E-state index contributed by atoms with van der Waals surface area (Å²) in [4.78, 5) is 7.50. The second kappa shape index (κ2) is 19.5. The Kier molecular flexibility index (Phi) is 12.2. The van der Waals surface area contributed by atoms with Crippen LogP contribution in [0.4, 0.5) is 51.2 Å². The predicted molar refractivity (Wildman–Crippen MR) is 355 cm³/mol. The summed E-state index contributed by atoms with van der Waals surface area (Å²) in [6, 6.07) is 85.4. The van der Waals surface area contributed by atoms with Crippen molar-refractivity contribution >= 4 is 51.2 Å². The van der Waals surface area contributed by atoms with Gasteiger partial charge in [-0.05, 0) is 252 Å². The maximum absolute atomic E-state index is 2.52. The molecule has 0 spiro atoms. The van der Waals surface area contributed by atoms with Gasteiger partial charge in [0, 0.05) is 50.6 Å². The molecule has 0 bridgehead atoms. The predicted octanol–water partition coefficient (Wildman–Crippen LogP) is 21.9. The van der Waals surface area contributed by atoms with Gasteiger partial charge in [0.25, 0.3) is 0 Å². The number of nitrogens with zero attached hydrogens (tertiary/aromatic N) is 3. The molecule has 0 saturated carbocycles. The highest BCUT2D eigenvalue weighted by atomic mass is 15.2. The first-order valence-electron chi connectivity index (χ1n) is 30.0. The smallest absolute Gasteiger partial charge is 0.0742 e. The maximum atomic E-state index is 2.52. The summed E-state index contributed by atoms with van der Waals surface area (Å²) in [6.07, 6.45) is 0. The van der Waals surface area contributed by atoms with Gasteiger partial charge >= 0.3 is 0 Å². The monoisotopic (exact) mass is 1090 g/mol. The van der Waals surface area contributed by atoms with E-state index in [1.165, 1.54) is 123 Å². The van der Waals surface area contributed by atoms with Gasteiger partial charge in [-0.1, -0.05) is 167 Å². The molecule has 0 fully saturated rings. The Morgan fingerprint density at radius 3 is 1.05 bits per heavy atom. The van der Waals surface area contributed by atoms with E-state index in [1.54, 1.807) is 0 Å². The zero-order chi connectivity index (χ0) is 58.1. The lowest BCUT2D eigenvalue weighted by molar-refractivity contribution is 0.660. The van der Waals surface area contributed by atoms with E-state index >= 15 is 0 Å². The van der Waals surface area contributed by atoms with Gasteiger partial charge < -0.3 is 14.7 Å². The highest BCUT2D eigenvalue weighted by molar-refractivity contribution is 5.92. The van der Waals surface area contributed by atoms with Crippen molar-refractivity contribution in [3.05, 3.63) is 313 Å². The quantitative estimate of drug-likeness (QED) is 0.143. The van der Waals surface area contributed by atoms with E-state index in [2.05, 4.69) is 322 Å². The van der Waals surface area contributed by atoms with Gasteiger partial charge in [0.1, 0.15) is 0 Å². The molecular formula is C81H73N3. The van der Waals surface area contributed by atoms with Crippen LogP contribution in [-0.2, 0) is 16.2 Å². The fraction of sp³-hybridized carbons (Fsp3) is 0.185. The molecule has 0 radical (unpaired) electrons. The molecular weight excluding hydrogens is 1010 g/mol. The summed E-state index contributed by atoms with van der Waals surface area (Å²) in [7, 11) is 0. The molecule has 0 N–H and O–H groups in total. The van der Waals surface area contributed by atoms with E-state index in [1.807, 2.05) is 0 Å². The average molecular weight is 1090 g/mol. The number of hydrogen-bond donors (Lipinski definition) is 0. The second-order valence-corrected chi connectivity index (χ2v) is 25.2. The number of fused-ring (bicyclic) bond motifs is 8. The number of benzene rings is 11. The van der Waals surface area contributed by atoms with Crippen LogP contribution in [-0.4, -0.2) is 0 Å². The van der Waals surface area contributed by atoms with E-state index in [-0.39, 0.29) is 10.8 Å². The first-order chi connectivity index (χ1) is 40.5.